The first kappa shape index (κ1) is 18.9. The van der Waals surface area contributed by atoms with Gasteiger partial charge in [0.05, 0.1) is 16.4 Å². The van der Waals surface area contributed by atoms with Crippen LogP contribution >= 0.6 is 11.6 Å². The molecule has 0 saturated heterocycles. The largest absolute Gasteiger partial charge is 0.378 e. The van der Waals surface area contributed by atoms with Crippen LogP contribution < -0.4 is 4.90 Å². The van der Waals surface area contributed by atoms with Crippen LogP contribution in [0.4, 0.5) is 17.3 Å². The minimum absolute atomic E-state index is 0.426. The molecule has 4 rings (SSSR count). The second-order valence-electron chi connectivity index (χ2n) is 6.75. The molecule has 144 valence electrons. The van der Waals surface area contributed by atoms with Crippen molar-refractivity contribution in [1.29, 1.82) is 0 Å². The van der Waals surface area contributed by atoms with E-state index in [1.807, 2.05) is 97.9 Å². The van der Waals surface area contributed by atoms with E-state index < -0.39 is 0 Å². The van der Waals surface area contributed by atoms with Gasteiger partial charge < -0.3 is 9.88 Å². The Labute approximate surface area is 174 Å². The molecule has 0 fully saturated rings. The molecular formula is C23H20ClN5. The van der Waals surface area contributed by atoms with Crippen molar-refractivity contribution in [2.45, 2.75) is 0 Å². The monoisotopic (exact) mass is 401 g/mol. The molecule has 0 saturated carbocycles. The molecule has 1 heterocycles. The Morgan fingerprint density at radius 3 is 2.10 bits per heavy atom. The van der Waals surface area contributed by atoms with E-state index in [0.717, 1.165) is 28.2 Å². The number of azo groups is 1. The number of imidazole rings is 1. The lowest BCUT2D eigenvalue weighted by Crippen LogP contribution is -2.07. The van der Waals surface area contributed by atoms with Gasteiger partial charge in [0.15, 0.2) is 0 Å². The maximum Gasteiger partial charge on any atom is 0.247 e. The van der Waals surface area contributed by atoms with E-state index >= 15 is 0 Å². The van der Waals surface area contributed by atoms with E-state index in [-0.39, 0.29) is 0 Å². The molecule has 5 nitrogen and oxygen atoms in total. The van der Waals surface area contributed by atoms with Gasteiger partial charge in [0.25, 0.3) is 0 Å². The standard InChI is InChI=1S/C23H20ClN5/c1-29(2)18-13-14-20(19(24)15-18)27-28-23-25-21(16-9-5-3-6-10-16)22(26-23)17-11-7-4-8-12-17/h3-15H,1-2H3,(H,25,26). The van der Waals surface area contributed by atoms with E-state index in [2.05, 4.69) is 20.2 Å². The van der Waals surface area contributed by atoms with Crippen LogP contribution in [0, 0.1) is 0 Å². The quantitative estimate of drug-likeness (QED) is 0.370. The molecule has 0 amide bonds. The molecule has 29 heavy (non-hydrogen) atoms. The van der Waals surface area contributed by atoms with Gasteiger partial charge >= 0.3 is 0 Å². The van der Waals surface area contributed by atoms with Crippen LogP contribution in [0.2, 0.25) is 5.02 Å². The van der Waals surface area contributed by atoms with Crippen LogP contribution in [0.3, 0.4) is 0 Å². The molecule has 4 aromatic rings. The fourth-order valence-electron chi connectivity index (χ4n) is 2.98. The predicted molar refractivity (Wildman–Crippen MR) is 119 cm³/mol. The molecule has 0 aliphatic heterocycles. The van der Waals surface area contributed by atoms with Crippen molar-refractivity contribution in [3.8, 4) is 22.5 Å². The summed E-state index contributed by atoms with van der Waals surface area (Å²) in [5.41, 5.74) is 5.38. The number of halogens is 1. The molecule has 6 heteroatoms. The second-order valence-corrected chi connectivity index (χ2v) is 7.15. The van der Waals surface area contributed by atoms with Gasteiger partial charge in [-0.1, -0.05) is 72.3 Å². The van der Waals surface area contributed by atoms with Crippen molar-refractivity contribution in [3.05, 3.63) is 83.9 Å². The minimum Gasteiger partial charge on any atom is -0.378 e. The van der Waals surface area contributed by atoms with Gasteiger partial charge in [-0.3, -0.25) is 0 Å². The highest BCUT2D eigenvalue weighted by molar-refractivity contribution is 6.33. The first-order valence-electron chi connectivity index (χ1n) is 9.21. The van der Waals surface area contributed by atoms with Gasteiger partial charge in [-0.05, 0) is 18.2 Å². The summed E-state index contributed by atoms with van der Waals surface area (Å²) in [6.07, 6.45) is 0. The molecule has 1 aromatic heterocycles. The Kier molecular flexibility index (Phi) is 5.40. The smallest absolute Gasteiger partial charge is 0.247 e. The average Bonchev–Trinajstić information content (AvgIpc) is 3.18. The van der Waals surface area contributed by atoms with Crippen molar-refractivity contribution >= 4 is 28.9 Å². The number of benzene rings is 3. The van der Waals surface area contributed by atoms with Crippen molar-refractivity contribution in [1.82, 2.24) is 9.97 Å². The summed E-state index contributed by atoms with van der Waals surface area (Å²) >= 11 is 6.36. The number of hydrogen-bond acceptors (Lipinski definition) is 4. The highest BCUT2D eigenvalue weighted by Gasteiger charge is 2.14. The fraction of sp³-hybridized carbons (Fsp3) is 0.0870. The Balaban J connectivity index is 1.72. The average molecular weight is 402 g/mol. The zero-order chi connectivity index (χ0) is 20.2. The van der Waals surface area contributed by atoms with Crippen LogP contribution in [0.5, 0.6) is 0 Å². The molecule has 0 bridgehead atoms. The molecular weight excluding hydrogens is 382 g/mol. The second kappa shape index (κ2) is 8.29. The third kappa shape index (κ3) is 4.20. The maximum atomic E-state index is 6.36. The number of anilines is 1. The summed E-state index contributed by atoms with van der Waals surface area (Å²) in [4.78, 5) is 9.96. The fourth-order valence-corrected chi connectivity index (χ4v) is 3.20. The summed E-state index contributed by atoms with van der Waals surface area (Å²) < 4.78 is 0. The number of nitrogens with zero attached hydrogens (tertiary/aromatic N) is 4. The number of aromatic nitrogens is 2. The van der Waals surface area contributed by atoms with Crippen LogP contribution in [0.25, 0.3) is 22.5 Å². The highest BCUT2D eigenvalue weighted by Crippen LogP contribution is 2.34. The maximum absolute atomic E-state index is 6.36. The Morgan fingerprint density at radius 2 is 1.48 bits per heavy atom. The van der Waals surface area contributed by atoms with Gasteiger partial charge in [-0.2, -0.15) is 0 Å². The van der Waals surface area contributed by atoms with Gasteiger partial charge in [0, 0.05) is 30.9 Å². The Bertz CT molecular complexity index is 1080. The van der Waals surface area contributed by atoms with E-state index in [1.54, 1.807) is 0 Å². The lowest BCUT2D eigenvalue weighted by atomic mass is 10.1. The van der Waals surface area contributed by atoms with E-state index in [9.17, 15) is 0 Å². The van der Waals surface area contributed by atoms with Gasteiger partial charge in [-0.15, -0.1) is 10.2 Å². The predicted octanol–water partition coefficient (Wildman–Crippen LogP) is 6.88. The number of hydrogen-bond donors (Lipinski definition) is 1. The van der Waals surface area contributed by atoms with Crippen LogP contribution in [0.15, 0.2) is 89.1 Å². The summed E-state index contributed by atoms with van der Waals surface area (Å²) in [5, 5.41) is 9.14. The summed E-state index contributed by atoms with van der Waals surface area (Å²) in [5.74, 6) is 0.426. The van der Waals surface area contributed by atoms with Gasteiger partial charge in [-0.25, -0.2) is 4.98 Å². The number of H-pyrrole nitrogens is 1. The minimum atomic E-state index is 0.426. The van der Waals surface area contributed by atoms with Crippen LogP contribution in [0.1, 0.15) is 0 Å². The summed E-state index contributed by atoms with van der Waals surface area (Å²) in [6, 6.07) is 25.8. The molecule has 0 aliphatic carbocycles. The normalized spacial score (nSPS) is 11.1. The summed E-state index contributed by atoms with van der Waals surface area (Å²) in [6.45, 7) is 0. The zero-order valence-corrected chi connectivity index (χ0v) is 16.9. The van der Waals surface area contributed by atoms with E-state index in [0.29, 0.717) is 16.7 Å². The van der Waals surface area contributed by atoms with E-state index in [4.69, 9.17) is 11.6 Å². The molecule has 0 radical (unpaired) electrons. The molecule has 0 unspecified atom stereocenters. The first-order valence-corrected chi connectivity index (χ1v) is 9.59. The van der Waals surface area contributed by atoms with Crippen molar-refractivity contribution in [2.24, 2.45) is 10.2 Å². The molecule has 0 spiro atoms. The molecule has 0 atom stereocenters. The molecule has 3 aromatic carbocycles. The van der Waals surface area contributed by atoms with Crippen LogP contribution in [-0.2, 0) is 0 Å². The summed E-state index contributed by atoms with van der Waals surface area (Å²) in [7, 11) is 3.93. The SMILES string of the molecule is CN(C)c1ccc(N=Nc2nc(-c3ccccc3)c(-c3ccccc3)[nH]2)c(Cl)c1. The number of rotatable bonds is 5. The topological polar surface area (TPSA) is 56.6 Å². The van der Waals surface area contributed by atoms with E-state index in [1.165, 1.54) is 0 Å². The molecule has 0 aliphatic rings. The van der Waals surface area contributed by atoms with Gasteiger partial charge in [0.2, 0.25) is 5.95 Å². The number of aromatic amines is 1. The Hall–Kier alpha value is -3.44. The van der Waals surface area contributed by atoms with Gasteiger partial charge in [0.1, 0.15) is 5.69 Å². The molecule has 1 N–H and O–H groups in total. The third-order valence-electron chi connectivity index (χ3n) is 4.50. The van der Waals surface area contributed by atoms with Crippen molar-refractivity contribution in [3.63, 3.8) is 0 Å². The Morgan fingerprint density at radius 1 is 0.828 bits per heavy atom. The zero-order valence-electron chi connectivity index (χ0n) is 16.2. The van der Waals surface area contributed by atoms with Crippen LogP contribution in [-0.4, -0.2) is 24.1 Å². The lowest BCUT2D eigenvalue weighted by molar-refractivity contribution is 1.11. The van der Waals surface area contributed by atoms with Crippen molar-refractivity contribution < 1.29 is 0 Å². The number of nitrogens with one attached hydrogen (secondary N) is 1. The van der Waals surface area contributed by atoms with Crippen molar-refractivity contribution in [2.75, 3.05) is 19.0 Å². The first-order chi connectivity index (χ1) is 14.1. The third-order valence-corrected chi connectivity index (χ3v) is 4.80. The lowest BCUT2D eigenvalue weighted by Gasteiger charge is -2.12. The highest BCUT2D eigenvalue weighted by atomic mass is 35.5.